The number of amides is 2. The molecule has 0 bridgehead atoms. The van der Waals surface area contributed by atoms with E-state index in [2.05, 4.69) is 32.0 Å². The Labute approximate surface area is 206 Å². The van der Waals surface area contributed by atoms with Crippen molar-refractivity contribution in [2.45, 2.75) is 25.3 Å². The first-order chi connectivity index (χ1) is 17.5. The summed E-state index contributed by atoms with van der Waals surface area (Å²) in [5, 5.41) is 28.0. The van der Waals surface area contributed by atoms with Crippen molar-refractivity contribution in [1.82, 2.24) is 20.0 Å². The van der Waals surface area contributed by atoms with Gasteiger partial charge in [-0.3, -0.25) is 9.59 Å². The lowest BCUT2D eigenvalue weighted by molar-refractivity contribution is -0.117. The zero-order valence-electron chi connectivity index (χ0n) is 19.5. The van der Waals surface area contributed by atoms with Crippen LogP contribution in [0.2, 0.25) is 0 Å². The van der Waals surface area contributed by atoms with Gasteiger partial charge in [0.25, 0.3) is 5.91 Å². The van der Waals surface area contributed by atoms with Gasteiger partial charge < -0.3 is 25.8 Å². The van der Waals surface area contributed by atoms with Crippen molar-refractivity contribution in [1.29, 1.82) is 5.26 Å². The number of para-hydroxylation sites is 1. The fraction of sp³-hybridized carbons (Fsp3) is 0.333. The molecule has 2 fully saturated rings. The Balaban J connectivity index is 1.51. The quantitative estimate of drug-likeness (QED) is 0.430. The van der Waals surface area contributed by atoms with Crippen LogP contribution in [-0.4, -0.2) is 52.1 Å². The molecule has 1 aromatic carbocycles. The summed E-state index contributed by atoms with van der Waals surface area (Å²) in [4.78, 5) is 24.2. The van der Waals surface area contributed by atoms with E-state index in [1.54, 1.807) is 23.0 Å². The third-order valence-corrected chi connectivity index (χ3v) is 6.16. The van der Waals surface area contributed by atoms with Crippen molar-refractivity contribution in [3.63, 3.8) is 0 Å². The Morgan fingerprint density at radius 1 is 1.22 bits per heavy atom. The van der Waals surface area contributed by atoms with Gasteiger partial charge in [-0.15, -0.1) is 10.2 Å². The molecule has 2 aliphatic rings. The second kappa shape index (κ2) is 9.63. The highest BCUT2D eigenvalue weighted by Gasteiger charge is 2.30. The average Bonchev–Trinajstić information content (AvgIpc) is 3.42. The van der Waals surface area contributed by atoms with Gasteiger partial charge in [-0.1, -0.05) is 12.1 Å². The Bertz CT molecular complexity index is 1370. The van der Waals surface area contributed by atoms with Crippen molar-refractivity contribution in [3.8, 4) is 22.9 Å². The Morgan fingerprint density at radius 3 is 2.72 bits per heavy atom. The minimum Gasteiger partial charge on any atom is -0.494 e. The first kappa shape index (κ1) is 23.3. The second-order valence-electron chi connectivity index (χ2n) is 8.61. The summed E-state index contributed by atoms with van der Waals surface area (Å²) in [5.74, 6) is -0.336. The number of anilines is 3. The summed E-state index contributed by atoms with van der Waals surface area (Å²) >= 11 is 0. The molecule has 2 aromatic heterocycles. The smallest absolute Gasteiger partial charge is 0.271 e. The van der Waals surface area contributed by atoms with Crippen LogP contribution < -0.4 is 21.1 Å². The van der Waals surface area contributed by atoms with Gasteiger partial charge in [0.15, 0.2) is 11.5 Å². The number of nitriles is 1. The molecule has 1 saturated heterocycles. The lowest BCUT2D eigenvalue weighted by atomic mass is 10.0. The number of benzene rings is 1. The number of rotatable bonds is 8. The number of nitrogens with one attached hydrogen (secondary N) is 2. The third kappa shape index (κ3) is 4.44. The summed E-state index contributed by atoms with van der Waals surface area (Å²) < 4.78 is 12.9. The number of methoxy groups -OCH3 is 1. The van der Waals surface area contributed by atoms with Crippen LogP contribution in [0.15, 0.2) is 30.5 Å². The van der Waals surface area contributed by atoms with Gasteiger partial charge in [0.2, 0.25) is 5.91 Å². The molecular formula is C24H24N8O4. The van der Waals surface area contributed by atoms with Crippen LogP contribution in [0.1, 0.15) is 41.5 Å². The summed E-state index contributed by atoms with van der Waals surface area (Å²) in [5.41, 5.74) is 7.79. The Hall–Kier alpha value is -4.50. The highest BCUT2D eigenvalue weighted by molar-refractivity contribution is 5.99. The fourth-order valence-corrected chi connectivity index (χ4v) is 4.18. The molecule has 1 aliphatic carbocycles. The molecular weight excluding hydrogens is 464 g/mol. The molecule has 184 valence electrons. The molecule has 3 heterocycles. The van der Waals surface area contributed by atoms with E-state index in [-0.39, 0.29) is 35.1 Å². The molecule has 12 nitrogen and oxygen atoms in total. The van der Waals surface area contributed by atoms with Crippen molar-refractivity contribution < 1.29 is 19.1 Å². The van der Waals surface area contributed by atoms with Gasteiger partial charge in [0, 0.05) is 29.7 Å². The van der Waals surface area contributed by atoms with E-state index >= 15 is 0 Å². The molecule has 1 saturated carbocycles. The molecule has 0 unspecified atom stereocenters. The molecule has 3 aromatic rings. The lowest BCUT2D eigenvalue weighted by Gasteiger charge is -2.16. The van der Waals surface area contributed by atoms with E-state index in [0.717, 1.165) is 19.3 Å². The minimum atomic E-state index is -0.785. The lowest BCUT2D eigenvalue weighted by Crippen LogP contribution is -2.19. The van der Waals surface area contributed by atoms with Crippen LogP contribution in [0, 0.1) is 17.2 Å². The Kier molecular flexibility index (Phi) is 6.22. The number of primary amides is 1. The first-order valence-electron chi connectivity index (χ1n) is 11.5. The molecule has 4 N–H and O–H groups in total. The molecule has 1 atom stereocenters. The SMILES string of the molecule is COc1c(Nc2cc(NC(=O)C3CC3)nnc2C(N)=O)cccc1-c1cnn([C@H]2CCOC2)c1C#N. The highest BCUT2D eigenvalue weighted by atomic mass is 16.5. The van der Waals surface area contributed by atoms with Gasteiger partial charge in [-0.05, 0) is 25.3 Å². The predicted molar refractivity (Wildman–Crippen MR) is 129 cm³/mol. The van der Waals surface area contributed by atoms with Gasteiger partial charge in [-0.2, -0.15) is 10.4 Å². The summed E-state index contributed by atoms with van der Waals surface area (Å²) in [6, 6.07) is 9.09. The molecule has 1 aliphatic heterocycles. The van der Waals surface area contributed by atoms with Crippen molar-refractivity contribution in [2.24, 2.45) is 11.7 Å². The van der Waals surface area contributed by atoms with Gasteiger partial charge in [0.05, 0.1) is 37.3 Å². The highest BCUT2D eigenvalue weighted by Crippen LogP contribution is 2.40. The van der Waals surface area contributed by atoms with E-state index in [1.165, 1.54) is 13.2 Å². The zero-order chi connectivity index (χ0) is 25.2. The molecule has 5 rings (SSSR count). The largest absolute Gasteiger partial charge is 0.494 e. The minimum absolute atomic E-state index is 0.00834. The van der Waals surface area contributed by atoms with Crippen LogP contribution in [0.4, 0.5) is 17.2 Å². The summed E-state index contributed by atoms with van der Waals surface area (Å²) in [6.07, 6.45) is 4.08. The van der Waals surface area contributed by atoms with Crippen molar-refractivity contribution in [2.75, 3.05) is 31.0 Å². The maximum Gasteiger partial charge on any atom is 0.271 e. The van der Waals surface area contributed by atoms with Crippen LogP contribution in [0.25, 0.3) is 11.1 Å². The van der Waals surface area contributed by atoms with Crippen molar-refractivity contribution in [3.05, 3.63) is 41.9 Å². The number of carbonyl (C=O) groups is 2. The molecule has 2 amide bonds. The van der Waals surface area contributed by atoms with Crippen LogP contribution in [0.5, 0.6) is 5.75 Å². The monoisotopic (exact) mass is 488 g/mol. The number of aromatic nitrogens is 4. The number of nitrogens with zero attached hydrogens (tertiary/aromatic N) is 5. The summed E-state index contributed by atoms with van der Waals surface area (Å²) in [7, 11) is 1.51. The molecule has 12 heteroatoms. The maximum atomic E-state index is 12.2. The molecule has 0 radical (unpaired) electrons. The summed E-state index contributed by atoms with van der Waals surface area (Å²) in [6.45, 7) is 1.12. The van der Waals surface area contributed by atoms with E-state index in [1.807, 2.05) is 6.07 Å². The zero-order valence-corrected chi connectivity index (χ0v) is 19.5. The number of nitrogens with two attached hydrogens (primary N) is 1. The molecule has 36 heavy (non-hydrogen) atoms. The number of carbonyl (C=O) groups excluding carboxylic acids is 2. The number of hydrogen-bond acceptors (Lipinski definition) is 9. The number of hydrogen-bond donors (Lipinski definition) is 3. The van der Waals surface area contributed by atoms with E-state index in [0.29, 0.717) is 41.5 Å². The van der Waals surface area contributed by atoms with Gasteiger partial charge in [0.1, 0.15) is 17.5 Å². The normalized spacial score (nSPS) is 16.8. The topological polar surface area (TPSA) is 170 Å². The molecule has 0 spiro atoms. The van der Waals surface area contributed by atoms with Gasteiger partial charge in [-0.25, -0.2) is 4.68 Å². The second-order valence-corrected chi connectivity index (χ2v) is 8.61. The standard InChI is InChI=1S/C24H24N8O4/c1-35-22-15(16-11-27-32(19(16)10-25)14-7-8-36-12-14)3-2-4-17(22)28-18-9-20(29-24(34)13-5-6-13)30-31-21(18)23(26)33/h2-4,9,11,13-14H,5-8,12H2,1H3,(H2,26,33)(H2,28,29,30,34)/t14-/m0/s1. The predicted octanol–water partition coefficient (Wildman–Crippen LogP) is 2.37. The average molecular weight is 489 g/mol. The van der Waals surface area contributed by atoms with E-state index < -0.39 is 5.91 Å². The van der Waals surface area contributed by atoms with Crippen LogP contribution >= 0.6 is 0 Å². The van der Waals surface area contributed by atoms with Crippen LogP contribution in [0.3, 0.4) is 0 Å². The fourth-order valence-electron chi connectivity index (χ4n) is 4.18. The van der Waals surface area contributed by atoms with Crippen LogP contribution in [-0.2, 0) is 9.53 Å². The maximum absolute atomic E-state index is 12.2. The number of ether oxygens (including phenoxy) is 2. The van der Waals surface area contributed by atoms with Crippen molar-refractivity contribution >= 4 is 29.0 Å². The van der Waals surface area contributed by atoms with Gasteiger partial charge >= 0.3 is 0 Å². The van der Waals surface area contributed by atoms with E-state index in [4.69, 9.17) is 15.2 Å². The first-order valence-corrected chi connectivity index (χ1v) is 11.5. The Morgan fingerprint density at radius 2 is 2.06 bits per heavy atom. The third-order valence-electron chi connectivity index (χ3n) is 6.16. The van der Waals surface area contributed by atoms with E-state index in [9.17, 15) is 14.9 Å².